The van der Waals surface area contributed by atoms with Crippen LogP contribution in [0, 0.1) is 17.8 Å². The van der Waals surface area contributed by atoms with Crippen molar-refractivity contribution in [2.45, 2.75) is 31.2 Å². The van der Waals surface area contributed by atoms with Crippen LogP contribution in [0.5, 0.6) is 5.75 Å². The number of para-hydroxylation sites is 2. The number of aromatic carboxylic acids is 1. The number of hydrogen-bond donors (Lipinski definition) is 1. The van der Waals surface area contributed by atoms with Gasteiger partial charge in [0.05, 0.1) is 19.1 Å². The number of carbonyl (C=O) groups excluding carboxylic acids is 1. The number of hydrogen-bond acceptors (Lipinski definition) is 4. The standard InChI is InChI=1S/C22H23NO3/c1-26-17-8-3-2-5-14(17)21-19-13-10-9-12(11-13)18(19)15-6-4-7-16(22(24)25)20(15)23-21/h2-8,12-13,18-19,21,23H,9-11H2,1H3,(H,24,25)/p-1/t12-,13-,18+,19+,21+/m0/s1. The Labute approximate surface area is 153 Å². The van der Waals surface area contributed by atoms with E-state index < -0.39 is 5.97 Å². The molecule has 2 bridgehead atoms. The zero-order valence-electron chi connectivity index (χ0n) is 14.8. The number of benzene rings is 2. The summed E-state index contributed by atoms with van der Waals surface area (Å²) in [6.07, 6.45) is 3.77. The fraction of sp³-hybridized carbons (Fsp3) is 0.409. The zero-order valence-corrected chi connectivity index (χ0v) is 14.8. The number of methoxy groups -OCH3 is 1. The maximum Gasteiger partial charge on any atom is 0.124 e. The van der Waals surface area contributed by atoms with E-state index in [4.69, 9.17) is 4.74 Å². The van der Waals surface area contributed by atoms with Gasteiger partial charge in [0, 0.05) is 16.8 Å². The summed E-state index contributed by atoms with van der Waals surface area (Å²) in [7, 11) is 1.69. The van der Waals surface area contributed by atoms with E-state index in [1.54, 1.807) is 13.2 Å². The Morgan fingerprint density at radius 2 is 1.85 bits per heavy atom. The molecular formula is C22H22NO3-. The lowest BCUT2D eigenvalue weighted by Gasteiger charge is -2.44. The molecule has 134 valence electrons. The first-order chi connectivity index (χ1) is 12.7. The van der Waals surface area contributed by atoms with Gasteiger partial charge in [0.1, 0.15) is 5.75 Å². The van der Waals surface area contributed by atoms with Gasteiger partial charge in [-0.3, -0.25) is 0 Å². The van der Waals surface area contributed by atoms with Gasteiger partial charge in [0.25, 0.3) is 0 Å². The third-order valence-electron chi connectivity index (χ3n) is 6.82. The molecule has 2 fully saturated rings. The maximum atomic E-state index is 11.7. The van der Waals surface area contributed by atoms with E-state index in [0.717, 1.165) is 22.6 Å². The number of carboxylic acid groups (broad SMARTS) is 1. The summed E-state index contributed by atoms with van der Waals surface area (Å²) >= 11 is 0. The van der Waals surface area contributed by atoms with Crippen LogP contribution in [0.25, 0.3) is 0 Å². The molecule has 0 unspecified atom stereocenters. The molecule has 2 aromatic rings. The minimum Gasteiger partial charge on any atom is -0.545 e. The lowest BCUT2D eigenvalue weighted by molar-refractivity contribution is -0.254. The topological polar surface area (TPSA) is 61.4 Å². The van der Waals surface area contributed by atoms with E-state index in [2.05, 4.69) is 17.4 Å². The third kappa shape index (κ3) is 2.11. The smallest absolute Gasteiger partial charge is 0.124 e. The SMILES string of the molecule is COc1ccccc1[C@H]1Nc2c(C(=O)[O-])cccc2[C@H]2[C@H]3CC[C@@H](C3)[C@H]21. The predicted octanol–water partition coefficient (Wildman–Crippen LogP) is 3.36. The molecule has 0 spiro atoms. The third-order valence-corrected chi connectivity index (χ3v) is 6.82. The molecule has 5 atom stereocenters. The average molecular weight is 348 g/mol. The van der Waals surface area contributed by atoms with Crippen molar-refractivity contribution in [2.75, 3.05) is 12.4 Å². The van der Waals surface area contributed by atoms with E-state index in [1.807, 2.05) is 24.3 Å². The molecule has 3 aliphatic rings. The van der Waals surface area contributed by atoms with E-state index in [1.165, 1.54) is 19.3 Å². The fourth-order valence-electron chi connectivity index (χ4n) is 5.92. The number of ether oxygens (including phenoxy) is 1. The summed E-state index contributed by atoms with van der Waals surface area (Å²) in [5, 5.41) is 15.3. The molecule has 5 rings (SSSR count). The minimum atomic E-state index is -1.12. The van der Waals surface area contributed by atoms with E-state index in [0.29, 0.717) is 23.7 Å². The number of anilines is 1. The van der Waals surface area contributed by atoms with Gasteiger partial charge in [-0.05, 0) is 54.6 Å². The highest BCUT2D eigenvalue weighted by Crippen LogP contribution is 2.64. The first-order valence-electron chi connectivity index (χ1n) is 9.42. The van der Waals surface area contributed by atoms with Gasteiger partial charge in [-0.25, -0.2) is 0 Å². The molecule has 4 nitrogen and oxygen atoms in total. The van der Waals surface area contributed by atoms with Gasteiger partial charge in [-0.1, -0.05) is 36.4 Å². The van der Waals surface area contributed by atoms with Crippen LogP contribution in [-0.2, 0) is 0 Å². The Morgan fingerprint density at radius 1 is 1.08 bits per heavy atom. The Hall–Kier alpha value is -2.49. The van der Waals surface area contributed by atoms with Crippen LogP contribution in [0.1, 0.15) is 52.7 Å². The highest BCUT2D eigenvalue weighted by molar-refractivity contribution is 5.94. The van der Waals surface area contributed by atoms with Gasteiger partial charge in [0.15, 0.2) is 0 Å². The second kappa shape index (κ2) is 5.76. The minimum absolute atomic E-state index is 0.0689. The summed E-state index contributed by atoms with van der Waals surface area (Å²) < 4.78 is 5.62. The maximum absolute atomic E-state index is 11.7. The number of rotatable bonds is 3. The quantitative estimate of drug-likeness (QED) is 0.924. The van der Waals surface area contributed by atoms with Crippen LogP contribution in [0.4, 0.5) is 5.69 Å². The van der Waals surface area contributed by atoms with E-state index >= 15 is 0 Å². The number of carbonyl (C=O) groups is 1. The van der Waals surface area contributed by atoms with Gasteiger partial charge in [-0.15, -0.1) is 0 Å². The largest absolute Gasteiger partial charge is 0.545 e. The highest BCUT2D eigenvalue weighted by Gasteiger charge is 2.54. The lowest BCUT2D eigenvalue weighted by Crippen LogP contribution is -2.37. The van der Waals surface area contributed by atoms with Crippen LogP contribution in [0.15, 0.2) is 42.5 Å². The van der Waals surface area contributed by atoms with Crippen molar-refractivity contribution >= 4 is 11.7 Å². The molecule has 1 aliphatic heterocycles. The van der Waals surface area contributed by atoms with Crippen molar-refractivity contribution in [1.29, 1.82) is 0 Å². The predicted molar refractivity (Wildman–Crippen MR) is 97.2 cm³/mol. The van der Waals surface area contributed by atoms with Crippen molar-refractivity contribution in [1.82, 2.24) is 0 Å². The second-order valence-electron chi connectivity index (χ2n) is 7.86. The van der Waals surface area contributed by atoms with Crippen LogP contribution in [0.2, 0.25) is 0 Å². The van der Waals surface area contributed by atoms with Gasteiger partial charge in [0.2, 0.25) is 0 Å². The zero-order chi connectivity index (χ0) is 17.8. The summed E-state index contributed by atoms with van der Waals surface area (Å²) in [6, 6.07) is 13.8. The number of fused-ring (bicyclic) bond motifs is 7. The first-order valence-corrected chi connectivity index (χ1v) is 9.42. The fourth-order valence-corrected chi connectivity index (χ4v) is 5.92. The second-order valence-corrected chi connectivity index (χ2v) is 7.86. The molecule has 0 aromatic heterocycles. The van der Waals surface area contributed by atoms with Crippen molar-refractivity contribution in [3.05, 3.63) is 59.2 Å². The van der Waals surface area contributed by atoms with Crippen molar-refractivity contribution in [2.24, 2.45) is 17.8 Å². The Bertz CT molecular complexity index is 877. The summed E-state index contributed by atoms with van der Waals surface area (Å²) in [4.78, 5) is 11.7. The van der Waals surface area contributed by atoms with Crippen LogP contribution >= 0.6 is 0 Å². The molecule has 1 N–H and O–H groups in total. The molecular weight excluding hydrogens is 326 g/mol. The molecule has 0 radical (unpaired) electrons. The van der Waals surface area contributed by atoms with Gasteiger partial charge >= 0.3 is 0 Å². The van der Waals surface area contributed by atoms with Crippen molar-refractivity contribution in [3.63, 3.8) is 0 Å². The Balaban J connectivity index is 1.69. The van der Waals surface area contributed by atoms with Crippen LogP contribution in [-0.4, -0.2) is 13.1 Å². The van der Waals surface area contributed by atoms with Crippen LogP contribution in [0.3, 0.4) is 0 Å². The average Bonchev–Trinajstić information content (AvgIpc) is 3.29. The Morgan fingerprint density at radius 3 is 2.65 bits per heavy atom. The van der Waals surface area contributed by atoms with Gasteiger partial charge < -0.3 is 20.0 Å². The molecule has 1 heterocycles. The van der Waals surface area contributed by atoms with Crippen LogP contribution < -0.4 is 15.2 Å². The van der Waals surface area contributed by atoms with Crippen molar-refractivity contribution < 1.29 is 14.6 Å². The molecule has 2 saturated carbocycles. The summed E-state index contributed by atoms with van der Waals surface area (Å²) in [5.74, 6) is 1.98. The Kier molecular flexibility index (Phi) is 3.49. The molecule has 26 heavy (non-hydrogen) atoms. The molecule has 4 heteroatoms. The normalized spacial score (nSPS) is 31.0. The summed E-state index contributed by atoms with van der Waals surface area (Å²) in [5.41, 5.74) is 3.30. The van der Waals surface area contributed by atoms with Crippen molar-refractivity contribution in [3.8, 4) is 5.75 Å². The van der Waals surface area contributed by atoms with E-state index in [9.17, 15) is 9.90 Å². The monoisotopic (exact) mass is 348 g/mol. The molecule has 0 saturated heterocycles. The first kappa shape index (κ1) is 15.7. The number of nitrogens with one attached hydrogen (secondary N) is 1. The van der Waals surface area contributed by atoms with Gasteiger partial charge in [-0.2, -0.15) is 0 Å². The molecule has 2 aromatic carbocycles. The lowest BCUT2D eigenvalue weighted by atomic mass is 9.67. The molecule has 0 amide bonds. The van der Waals surface area contributed by atoms with E-state index in [-0.39, 0.29) is 11.6 Å². The molecule has 2 aliphatic carbocycles. The summed E-state index contributed by atoms with van der Waals surface area (Å²) in [6.45, 7) is 0. The number of carboxylic acids is 1. The highest BCUT2D eigenvalue weighted by atomic mass is 16.5.